The van der Waals surface area contributed by atoms with E-state index in [1.807, 2.05) is 0 Å². The van der Waals surface area contributed by atoms with Crippen LogP contribution in [0.2, 0.25) is 0 Å². The number of methoxy groups -OCH3 is 1. The fourth-order valence-electron chi connectivity index (χ4n) is 3.08. The van der Waals surface area contributed by atoms with Gasteiger partial charge in [0.05, 0.1) is 19.6 Å². The highest BCUT2D eigenvalue weighted by Crippen LogP contribution is 2.26. The maximum atomic E-state index is 11.5. The van der Waals surface area contributed by atoms with Crippen molar-refractivity contribution in [3.63, 3.8) is 0 Å². The van der Waals surface area contributed by atoms with Crippen LogP contribution in [0.1, 0.15) is 17.5 Å². The fourth-order valence-corrected chi connectivity index (χ4v) is 3.08. The molecule has 0 radical (unpaired) electrons. The number of benzene rings is 1. The number of likely N-dealkylation sites (tertiary alicyclic amines) is 1. The zero-order chi connectivity index (χ0) is 13.9. The van der Waals surface area contributed by atoms with Crippen molar-refractivity contribution in [2.45, 2.75) is 19.3 Å². The van der Waals surface area contributed by atoms with E-state index in [0.717, 1.165) is 51.3 Å². The Kier molecular flexibility index (Phi) is 3.92. The topological polar surface area (TPSA) is 38.8 Å². The van der Waals surface area contributed by atoms with Crippen LogP contribution in [0, 0.1) is 5.92 Å². The van der Waals surface area contributed by atoms with E-state index in [-0.39, 0.29) is 11.9 Å². The molecule has 1 aromatic rings. The van der Waals surface area contributed by atoms with Gasteiger partial charge in [-0.15, -0.1) is 0 Å². The third-order valence-electron chi connectivity index (χ3n) is 4.28. The minimum absolute atomic E-state index is 0.0634. The predicted molar refractivity (Wildman–Crippen MR) is 75.9 cm³/mol. The summed E-state index contributed by atoms with van der Waals surface area (Å²) in [4.78, 5) is 13.9. The molecule has 3 rings (SSSR count). The maximum absolute atomic E-state index is 11.5. The van der Waals surface area contributed by atoms with E-state index in [1.165, 1.54) is 18.2 Å². The first-order chi connectivity index (χ1) is 9.76. The molecule has 1 atom stereocenters. The second-order valence-electron chi connectivity index (χ2n) is 5.60. The van der Waals surface area contributed by atoms with Gasteiger partial charge in [-0.2, -0.15) is 0 Å². The molecule has 0 saturated carbocycles. The van der Waals surface area contributed by atoms with E-state index in [0.29, 0.717) is 0 Å². The Balaban J connectivity index is 1.52. The van der Waals surface area contributed by atoms with Crippen molar-refractivity contribution >= 4 is 5.97 Å². The van der Waals surface area contributed by atoms with Gasteiger partial charge in [-0.1, -0.05) is 12.1 Å². The Bertz CT molecular complexity index is 500. The predicted octanol–water partition coefficient (Wildman–Crippen LogP) is 1.66. The first kappa shape index (κ1) is 13.4. The third-order valence-corrected chi connectivity index (χ3v) is 4.28. The summed E-state index contributed by atoms with van der Waals surface area (Å²) in [6.45, 7) is 3.65. The van der Waals surface area contributed by atoms with E-state index < -0.39 is 0 Å². The molecule has 4 heteroatoms. The molecular formula is C16H21NO3. The average Bonchev–Trinajstić information content (AvgIpc) is 3.12. The van der Waals surface area contributed by atoms with Crippen LogP contribution in [0.3, 0.4) is 0 Å². The lowest BCUT2D eigenvalue weighted by Gasteiger charge is -2.15. The van der Waals surface area contributed by atoms with Gasteiger partial charge in [-0.25, -0.2) is 0 Å². The summed E-state index contributed by atoms with van der Waals surface area (Å²) >= 11 is 0. The summed E-state index contributed by atoms with van der Waals surface area (Å²) in [7, 11) is 1.47. The highest BCUT2D eigenvalue weighted by Gasteiger charge is 2.28. The van der Waals surface area contributed by atoms with E-state index in [2.05, 4.69) is 23.1 Å². The number of rotatable bonds is 4. The number of fused-ring (bicyclic) bond motifs is 1. The summed E-state index contributed by atoms with van der Waals surface area (Å²) in [5.41, 5.74) is 2.69. The normalized spacial score (nSPS) is 21.6. The monoisotopic (exact) mass is 275 g/mol. The molecule has 0 aliphatic carbocycles. The van der Waals surface area contributed by atoms with Crippen molar-refractivity contribution in [2.75, 3.05) is 33.4 Å². The number of hydrogen-bond acceptors (Lipinski definition) is 4. The van der Waals surface area contributed by atoms with Gasteiger partial charge < -0.3 is 14.4 Å². The van der Waals surface area contributed by atoms with Gasteiger partial charge in [0, 0.05) is 19.5 Å². The lowest BCUT2D eigenvalue weighted by Crippen LogP contribution is -2.26. The number of nitrogens with zero attached hydrogens (tertiary/aromatic N) is 1. The Labute approximate surface area is 119 Å². The SMILES string of the molecule is COC(=O)C1CCN(CCc2ccc3c(c2)CCO3)C1. The summed E-state index contributed by atoms with van der Waals surface area (Å²) < 4.78 is 10.3. The van der Waals surface area contributed by atoms with Crippen LogP contribution in [0.5, 0.6) is 5.75 Å². The number of esters is 1. The highest BCUT2D eigenvalue weighted by atomic mass is 16.5. The van der Waals surface area contributed by atoms with E-state index >= 15 is 0 Å². The molecule has 108 valence electrons. The van der Waals surface area contributed by atoms with Crippen LogP contribution in [-0.4, -0.2) is 44.2 Å². The van der Waals surface area contributed by atoms with Crippen LogP contribution >= 0.6 is 0 Å². The van der Waals surface area contributed by atoms with Crippen molar-refractivity contribution in [1.29, 1.82) is 0 Å². The van der Waals surface area contributed by atoms with E-state index in [1.54, 1.807) is 0 Å². The summed E-state index contributed by atoms with van der Waals surface area (Å²) in [6, 6.07) is 6.49. The van der Waals surface area contributed by atoms with Crippen molar-refractivity contribution in [2.24, 2.45) is 5.92 Å². The molecule has 0 N–H and O–H groups in total. The van der Waals surface area contributed by atoms with Gasteiger partial charge in [0.25, 0.3) is 0 Å². The Morgan fingerprint density at radius 1 is 1.50 bits per heavy atom. The molecule has 20 heavy (non-hydrogen) atoms. The zero-order valence-electron chi connectivity index (χ0n) is 11.9. The van der Waals surface area contributed by atoms with Crippen LogP contribution in [0.4, 0.5) is 0 Å². The first-order valence-electron chi connectivity index (χ1n) is 7.31. The molecule has 0 spiro atoms. The largest absolute Gasteiger partial charge is 0.493 e. The average molecular weight is 275 g/mol. The summed E-state index contributed by atoms with van der Waals surface area (Å²) in [6.07, 6.45) is 2.98. The molecule has 1 fully saturated rings. The molecule has 1 unspecified atom stereocenters. The van der Waals surface area contributed by atoms with Gasteiger partial charge in [-0.3, -0.25) is 4.79 Å². The van der Waals surface area contributed by atoms with Gasteiger partial charge in [0.1, 0.15) is 5.75 Å². The molecule has 0 aromatic heterocycles. The lowest BCUT2D eigenvalue weighted by molar-refractivity contribution is -0.144. The highest BCUT2D eigenvalue weighted by molar-refractivity contribution is 5.72. The van der Waals surface area contributed by atoms with Gasteiger partial charge in [0.15, 0.2) is 0 Å². The second-order valence-corrected chi connectivity index (χ2v) is 5.60. The van der Waals surface area contributed by atoms with Crippen molar-refractivity contribution in [1.82, 2.24) is 4.90 Å². The Morgan fingerprint density at radius 2 is 2.40 bits per heavy atom. The smallest absolute Gasteiger partial charge is 0.310 e. The van der Waals surface area contributed by atoms with Crippen LogP contribution < -0.4 is 4.74 Å². The Morgan fingerprint density at radius 3 is 3.25 bits per heavy atom. The minimum Gasteiger partial charge on any atom is -0.493 e. The molecule has 0 amide bonds. The number of ether oxygens (including phenoxy) is 2. The molecule has 0 bridgehead atoms. The second kappa shape index (κ2) is 5.83. The molecule has 2 aliphatic rings. The fraction of sp³-hybridized carbons (Fsp3) is 0.562. The summed E-state index contributed by atoms with van der Waals surface area (Å²) in [5.74, 6) is 1.04. The molecule has 2 aliphatic heterocycles. The van der Waals surface area contributed by atoms with Crippen molar-refractivity contribution in [3.05, 3.63) is 29.3 Å². The van der Waals surface area contributed by atoms with Gasteiger partial charge in [-0.05, 0) is 36.6 Å². The summed E-state index contributed by atoms with van der Waals surface area (Å²) in [5, 5.41) is 0. The number of carbonyl (C=O) groups is 1. The molecular weight excluding hydrogens is 254 g/mol. The first-order valence-corrected chi connectivity index (χ1v) is 7.31. The van der Waals surface area contributed by atoms with Crippen molar-refractivity contribution in [3.8, 4) is 5.75 Å². The maximum Gasteiger partial charge on any atom is 0.310 e. The van der Waals surface area contributed by atoms with E-state index in [4.69, 9.17) is 9.47 Å². The lowest BCUT2D eigenvalue weighted by atomic mass is 10.1. The van der Waals surface area contributed by atoms with Crippen LogP contribution in [-0.2, 0) is 22.4 Å². The number of carbonyl (C=O) groups excluding carboxylic acids is 1. The zero-order valence-corrected chi connectivity index (χ0v) is 11.9. The molecule has 4 nitrogen and oxygen atoms in total. The van der Waals surface area contributed by atoms with Crippen LogP contribution in [0.15, 0.2) is 18.2 Å². The molecule has 1 saturated heterocycles. The van der Waals surface area contributed by atoms with Gasteiger partial charge >= 0.3 is 5.97 Å². The number of hydrogen-bond donors (Lipinski definition) is 0. The van der Waals surface area contributed by atoms with Crippen molar-refractivity contribution < 1.29 is 14.3 Å². The van der Waals surface area contributed by atoms with Gasteiger partial charge in [0.2, 0.25) is 0 Å². The van der Waals surface area contributed by atoms with E-state index in [9.17, 15) is 4.79 Å². The third kappa shape index (κ3) is 2.80. The standard InChI is InChI=1S/C16H21NO3/c1-19-16(18)14-5-8-17(11-14)7-4-12-2-3-15-13(10-12)6-9-20-15/h2-3,10,14H,4-9,11H2,1H3. The van der Waals surface area contributed by atoms with Crippen LogP contribution in [0.25, 0.3) is 0 Å². The quantitative estimate of drug-likeness (QED) is 0.783. The molecule has 2 heterocycles. The minimum atomic E-state index is -0.0674. The molecule has 1 aromatic carbocycles. The Hall–Kier alpha value is -1.55.